The highest BCUT2D eigenvalue weighted by Crippen LogP contribution is 2.18. The number of Topliss-reactive ketones (excluding diaryl/α,β-unsaturated/α-hetero) is 1. The first-order valence-electron chi connectivity index (χ1n) is 6.77. The standard InChI is InChI=1S/C16H20N2O2/c1-12(2)18-9-8-14(17-18)11-15(19)10-13-6-4-5-7-16(13)20-3/h4-9,12H,10-11H2,1-3H3. The first-order valence-corrected chi connectivity index (χ1v) is 6.77. The van der Waals surface area contributed by atoms with Crippen LogP contribution in [-0.2, 0) is 17.6 Å². The molecule has 4 nitrogen and oxygen atoms in total. The maximum Gasteiger partial charge on any atom is 0.143 e. The molecule has 0 spiro atoms. The van der Waals surface area contributed by atoms with E-state index in [9.17, 15) is 4.79 Å². The van der Waals surface area contributed by atoms with E-state index < -0.39 is 0 Å². The molecule has 20 heavy (non-hydrogen) atoms. The van der Waals surface area contributed by atoms with E-state index in [2.05, 4.69) is 18.9 Å². The van der Waals surface area contributed by atoms with Crippen LogP contribution in [0.3, 0.4) is 0 Å². The first-order chi connectivity index (χ1) is 9.60. The third-order valence-corrected chi connectivity index (χ3v) is 3.15. The molecule has 0 aliphatic carbocycles. The number of hydrogen-bond acceptors (Lipinski definition) is 3. The molecule has 1 aromatic heterocycles. The van der Waals surface area contributed by atoms with Gasteiger partial charge in [0.1, 0.15) is 11.5 Å². The minimum absolute atomic E-state index is 0.142. The Hall–Kier alpha value is -2.10. The number of nitrogens with zero attached hydrogens (tertiary/aromatic N) is 2. The number of benzene rings is 1. The van der Waals surface area contributed by atoms with E-state index in [0.29, 0.717) is 18.9 Å². The van der Waals surface area contributed by atoms with E-state index in [1.807, 2.05) is 41.2 Å². The van der Waals surface area contributed by atoms with Gasteiger partial charge in [0.15, 0.2) is 0 Å². The Kier molecular flexibility index (Phi) is 4.56. The summed E-state index contributed by atoms with van der Waals surface area (Å²) < 4.78 is 7.13. The lowest BCUT2D eigenvalue weighted by Crippen LogP contribution is -2.09. The van der Waals surface area contributed by atoms with E-state index in [0.717, 1.165) is 17.0 Å². The summed E-state index contributed by atoms with van der Waals surface area (Å²) in [6.45, 7) is 4.13. The second-order valence-corrected chi connectivity index (χ2v) is 5.08. The number of ketones is 1. The molecule has 0 amide bonds. The SMILES string of the molecule is COc1ccccc1CC(=O)Cc1ccn(C(C)C)n1. The minimum Gasteiger partial charge on any atom is -0.496 e. The highest BCUT2D eigenvalue weighted by Gasteiger charge is 2.11. The predicted molar refractivity (Wildman–Crippen MR) is 78.0 cm³/mol. The van der Waals surface area contributed by atoms with Gasteiger partial charge in [-0.3, -0.25) is 9.48 Å². The van der Waals surface area contributed by atoms with Gasteiger partial charge in [0.2, 0.25) is 0 Å². The Morgan fingerprint density at radius 2 is 2.00 bits per heavy atom. The molecular formula is C16H20N2O2. The van der Waals surface area contributed by atoms with Gasteiger partial charge in [-0.05, 0) is 26.0 Å². The van der Waals surface area contributed by atoms with Gasteiger partial charge in [-0.1, -0.05) is 18.2 Å². The van der Waals surface area contributed by atoms with Crippen LogP contribution in [-0.4, -0.2) is 22.7 Å². The van der Waals surface area contributed by atoms with Crippen molar-refractivity contribution in [1.82, 2.24) is 9.78 Å². The second-order valence-electron chi connectivity index (χ2n) is 5.08. The summed E-state index contributed by atoms with van der Waals surface area (Å²) in [6, 6.07) is 9.82. The van der Waals surface area contributed by atoms with Gasteiger partial charge < -0.3 is 4.74 Å². The third-order valence-electron chi connectivity index (χ3n) is 3.15. The Bertz CT molecular complexity index is 588. The van der Waals surface area contributed by atoms with Gasteiger partial charge in [0.05, 0.1) is 19.2 Å². The van der Waals surface area contributed by atoms with Gasteiger partial charge in [-0.2, -0.15) is 5.10 Å². The van der Waals surface area contributed by atoms with Gasteiger partial charge in [0.25, 0.3) is 0 Å². The van der Waals surface area contributed by atoms with Crippen LogP contribution in [0.25, 0.3) is 0 Å². The normalized spacial score (nSPS) is 10.8. The summed E-state index contributed by atoms with van der Waals surface area (Å²) in [4.78, 5) is 12.1. The molecule has 1 aromatic carbocycles. The number of methoxy groups -OCH3 is 1. The van der Waals surface area contributed by atoms with E-state index in [1.54, 1.807) is 7.11 Å². The largest absolute Gasteiger partial charge is 0.496 e. The molecule has 0 bridgehead atoms. The lowest BCUT2D eigenvalue weighted by molar-refractivity contribution is -0.117. The smallest absolute Gasteiger partial charge is 0.143 e. The minimum atomic E-state index is 0.142. The van der Waals surface area contributed by atoms with Crippen LogP contribution < -0.4 is 4.74 Å². The van der Waals surface area contributed by atoms with Gasteiger partial charge in [0, 0.05) is 24.2 Å². The molecule has 0 radical (unpaired) electrons. The molecule has 4 heteroatoms. The summed E-state index contributed by atoms with van der Waals surface area (Å²) in [7, 11) is 1.62. The van der Waals surface area contributed by atoms with Crippen molar-refractivity contribution < 1.29 is 9.53 Å². The maximum absolute atomic E-state index is 12.1. The molecule has 0 atom stereocenters. The van der Waals surface area contributed by atoms with Crippen molar-refractivity contribution in [1.29, 1.82) is 0 Å². The quantitative estimate of drug-likeness (QED) is 0.812. The first kappa shape index (κ1) is 14.3. The summed E-state index contributed by atoms with van der Waals surface area (Å²) in [6.07, 6.45) is 2.65. The highest BCUT2D eigenvalue weighted by atomic mass is 16.5. The summed E-state index contributed by atoms with van der Waals surface area (Å²) >= 11 is 0. The van der Waals surface area contributed by atoms with Gasteiger partial charge in [-0.25, -0.2) is 0 Å². The van der Waals surface area contributed by atoms with Crippen molar-refractivity contribution in [3.63, 3.8) is 0 Å². The third kappa shape index (κ3) is 3.47. The molecular weight excluding hydrogens is 252 g/mol. The van der Waals surface area contributed by atoms with Crippen LogP contribution in [0.4, 0.5) is 0 Å². The number of ether oxygens (including phenoxy) is 1. The van der Waals surface area contributed by atoms with Crippen LogP contribution in [0.5, 0.6) is 5.75 Å². The number of para-hydroxylation sites is 1. The van der Waals surface area contributed by atoms with E-state index in [1.165, 1.54) is 0 Å². The molecule has 0 aliphatic rings. The summed E-state index contributed by atoms with van der Waals surface area (Å²) in [5.74, 6) is 0.900. The van der Waals surface area contributed by atoms with Crippen molar-refractivity contribution >= 4 is 5.78 Å². The second kappa shape index (κ2) is 6.37. The summed E-state index contributed by atoms with van der Waals surface area (Å²) in [5.41, 5.74) is 1.74. The van der Waals surface area contributed by atoms with Crippen molar-refractivity contribution in [3.05, 3.63) is 47.8 Å². The van der Waals surface area contributed by atoms with E-state index in [-0.39, 0.29) is 5.78 Å². The lowest BCUT2D eigenvalue weighted by Gasteiger charge is -2.07. The van der Waals surface area contributed by atoms with Crippen LogP contribution in [0.15, 0.2) is 36.5 Å². The van der Waals surface area contributed by atoms with Crippen molar-refractivity contribution in [2.45, 2.75) is 32.7 Å². The van der Waals surface area contributed by atoms with Crippen LogP contribution in [0, 0.1) is 0 Å². The fourth-order valence-corrected chi connectivity index (χ4v) is 2.09. The lowest BCUT2D eigenvalue weighted by atomic mass is 10.0. The predicted octanol–water partition coefficient (Wildman–Crippen LogP) is 2.83. The van der Waals surface area contributed by atoms with Crippen LogP contribution in [0.2, 0.25) is 0 Å². The molecule has 106 valence electrons. The Morgan fingerprint density at radius 3 is 2.65 bits per heavy atom. The van der Waals surface area contributed by atoms with Crippen molar-refractivity contribution in [2.75, 3.05) is 7.11 Å². The molecule has 1 heterocycles. The van der Waals surface area contributed by atoms with E-state index in [4.69, 9.17) is 4.74 Å². The number of aromatic nitrogens is 2. The summed E-state index contributed by atoms with van der Waals surface area (Å²) in [5, 5.41) is 4.40. The number of rotatable bonds is 6. The molecule has 0 saturated heterocycles. The monoisotopic (exact) mass is 272 g/mol. The number of hydrogen-bond donors (Lipinski definition) is 0. The van der Waals surface area contributed by atoms with Crippen molar-refractivity contribution in [3.8, 4) is 5.75 Å². The molecule has 0 saturated carbocycles. The topological polar surface area (TPSA) is 44.1 Å². The van der Waals surface area contributed by atoms with Crippen LogP contribution >= 0.6 is 0 Å². The maximum atomic E-state index is 12.1. The average molecular weight is 272 g/mol. The number of carbonyl (C=O) groups is 1. The Balaban J connectivity index is 2.01. The zero-order chi connectivity index (χ0) is 14.5. The molecule has 0 fully saturated rings. The highest BCUT2D eigenvalue weighted by molar-refractivity contribution is 5.83. The van der Waals surface area contributed by atoms with Crippen molar-refractivity contribution in [2.24, 2.45) is 0 Å². The molecule has 0 unspecified atom stereocenters. The van der Waals surface area contributed by atoms with Gasteiger partial charge >= 0.3 is 0 Å². The fraction of sp³-hybridized carbons (Fsp3) is 0.375. The molecule has 2 aromatic rings. The zero-order valence-electron chi connectivity index (χ0n) is 12.2. The van der Waals surface area contributed by atoms with E-state index >= 15 is 0 Å². The Labute approximate surface area is 119 Å². The van der Waals surface area contributed by atoms with Crippen LogP contribution in [0.1, 0.15) is 31.1 Å². The fourth-order valence-electron chi connectivity index (χ4n) is 2.09. The zero-order valence-corrected chi connectivity index (χ0v) is 12.2. The number of carbonyl (C=O) groups excluding carboxylic acids is 1. The molecule has 0 N–H and O–H groups in total. The molecule has 2 rings (SSSR count). The van der Waals surface area contributed by atoms with Gasteiger partial charge in [-0.15, -0.1) is 0 Å². The Morgan fingerprint density at radius 1 is 1.25 bits per heavy atom. The average Bonchev–Trinajstić information content (AvgIpc) is 2.88. The molecule has 0 aliphatic heterocycles.